The van der Waals surface area contributed by atoms with Crippen LogP contribution in [0.1, 0.15) is 137 Å². The number of hydrogen-bond donors (Lipinski definition) is 0. The first-order chi connectivity index (χ1) is 24.1. The topological polar surface area (TPSA) is 25.9 Å². The van der Waals surface area contributed by atoms with Crippen LogP contribution in [0.25, 0.3) is 0 Å². The summed E-state index contributed by atoms with van der Waals surface area (Å²) >= 11 is 0. The first kappa shape index (κ1) is 48.3. The Balaban J connectivity index is 2.65. The second kappa shape index (κ2) is 21.1. The molecule has 0 amide bonds. The van der Waals surface area contributed by atoms with Gasteiger partial charge in [0.05, 0.1) is 0 Å². The van der Waals surface area contributed by atoms with Gasteiger partial charge in [-0.25, -0.2) is 0 Å². The Labute approximate surface area is 331 Å². The van der Waals surface area contributed by atoms with Crippen molar-refractivity contribution in [2.24, 2.45) is 0 Å². The number of nitrogens with zero attached hydrogens (tertiary/aromatic N) is 8. The van der Waals surface area contributed by atoms with Crippen molar-refractivity contribution in [3.05, 3.63) is 0 Å². The summed E-state index contributed by atoms with van der Waals surface area (Å²) in [6, 6.07) is 3.69. The van der Waals surface area contributed by atoms with Gasteiger partial charge < -0.3 is 37.8 Å². The van der Waals surface area contributed by atoms with Gasteiger partial charge in [0, 0.05) is 0 Å². The van der Waals surface area contributed by atoms with E-state index in [1.807, 2.05) is 0 Å². The number of hydrogen-bond acceptors (Lipinski definition) is 8. The molecule has 0 radical (unpaired) electrons. The molecule has 294 valence electrons. The van der Waals surface area contributed by atoms with Gasteiger partial charge in [0.1, 0.15) is 0 Å². The van der Waals surface area contributed by atoms with Crippen molar-refractivity contribution in [2.75, 3.05) is 0 Å². The maximum absolute atomic E-state index is 2.96. The third kappa shape index (κ3) is 10.4. The number of rotatable bonds is 15. The summed E-state index contributed by atoms with van der Waals surface area (Å²) < 4.78 is 23.0. The molecule has 0 N–H and O–H groups in total. The molecule has 2 aliphatic rings. The quantitative estimate of drug-likeness (QED) is 0.158. The van der Waals surface area contributed by atoms with Crippen LogP contribution in [0.15, 0.2) is 0 Å². The SMILES string of the molecule is CCB1N(C(C)C)B(CC)N(C(C)C)B(CCCC(C)N2B(C)N(C(C)C)B(C)N(C(C)C)B(C)N(C(C)C)B2C)N(C(C)C)B(CC)N1C(C)C. The van der Waals surface area contributed by atoms with Crippen LogP contribution in [0.5, 0.6) is 0 Å². The van der Waals surface area contributed by atoms with Crippen LogP contribution in [0.4, 0.5) is 0 Å². The highest BCUT2D eigenvalue weighted by Gasteiger charge is 2.54. The van der Waals surface area contributed by atoms with Gasteiger partial charge in [-0.3, -0.25) is 0 Å². The van der Waals surface area contributed by atoms with Crippen molar-refractivity contribution >= 4 is 55.9 Å². The lowest BCUT2D eigenvalue weighted by atomic mass is 9.38. The van der Waals surface area contributed by atoms with Crippen LogP contribution >= 0.6 is 0 Å². The van der Waals surface area contributed by atoms with Gasteiger partial charge in [-0.15, -0.1) is 0 Å². The molecule has 52 heavy (non-hydrogen) atoms. The molecule has 1 unspecified atom stereocenters. The third-order valence-electron chi connectivity index (χ3n) is 13.1. The Morgan fingerprint density at radius 1 is 0.327 bits per heavy atom. The van der Waals surface area contributed by atoms with Gasteiger partial charge in [0.15, 0.2) is 0 Å². The van der Waals surface area contributed by atoms with Crippen LogP contribution < -0.4 is 0 Å². The lowest BCUT2D eigenvalue weighted by molar-refractivity contribution is 0.332. The van der Waals surface area contributed by atoms with Gasteiger partial charge in [-0.2, -0.15) is 0 Å². The van der Waals surface area contributed by atoms with Crippen LogP contribution in [-0.2, 0) is 0 Å². The summed E-state index contributed by atoms with van der Waals surface area (Å²) in [4.78, 5) is 0. The first-order valence-electron chi connectivity index (χ1n) is 22.3. The zero-order chi connectivity index (χ0) is 40.1. The molecule has 2 fully saturated rings. The molecule has 2 rings (SSSR count). The third-order valence-corrected chi connectivity index (χ3v) is 13.1. The van der Waals surface area contributed by atoms with E-state index in [0.29, 0.717) is 104 Å². The molecule has 0 saturated carbocycles. The van der Waals surface area contributed by atoms with Crippen molar-refractivity contribution in [1.29, 1.82) is 0 Å². The van der Waals surface area contributed by atoms with Gasteiger partial charge in [-0.1, -0.05) is 158 Å². The van der Waals surface area contributed by atoms with Crippen molar-refractivity contribution in [3.63, 3.8) is 0 Å². The molecule has 16 heteroatoms. The molecule has 0 aliphatic carbocycles. The van der Waals surface area contributed by atoms with Crippen molar-refractivity contribution < 1.29 is 0 Å². The van der Waals surface area contributed by atoms with Crippen LogP contribution in [0.2, 0.25) is 52.6 Å². The van der Waals surface area contributed by atoms with Crippen LogP contribution in [0, 0.1) is 0 Å². The highest BCUT2D eigenvalue weighted by Crippen LogP contribution is 2.33. The summed E-state index contributed by atoms with van der Waals surface area (Å²) in [5, 5.41) is 0. The van der Waals surface area contributed by atoms with E-state index >= 15 is 0 Å². The van der Waals surface area contributed by atoms with Gasteiger partial charge >= 0.3 is 0 Å². The molecule has 0 spiro atoms. The predicted octanol–water partition coefficient (Wildman–Crippen LogP) is 7.94. The lowest BCUT2D eigenvalue weighted by Gasteiger charge is -2.58. The molecular formula is C36H86B8N8. The van der Waals surface area contributed by atoms with Crippen LogP contribution in [-0.4, -0.2) is 142 Å². The predicted molar refractivity (Wildman–Crippen MR) is 245 cm³/mol. The van der Waals surface area contributed by atoms with Crippen LogP contribution in [0.3, 0.4) is 0 Å². The summed E-state index contributed by atoms with van der Waals surface area (Å²) in [5.41, 5.74) is 0. The summed E-state index contributed by atoms with van der Waals surface area (Å²) in [6.45, 7) is 56.7. The molecule has 2 heterocycles. The summed E-state index contributed by atoms with van der Waals surface area (Å²) in [7, 11) is 0. The highest BCUT2D eigenvalue weighted by molar-refractivity contribution is 6.87. The molecule has 0 aromatic carbocycles. The minimum Gasteiger partial charge on any atom is -0.355 e. The lowest BCUT2D eigenvalue weighted by Crippen LogP contribution is -2.80. The van der Waals surface area contributed by atoms with E-state index in [1.165, 1.54) is 19.2 Å². The molecular weight excluding hydrogens is 631 g/mol. The molecule has 2 saturated heterocycles. The standard InChI is InChI=1S/C36H86B8N8/c1-23-41-48(32(10)11)42(24-2)50(34(14)15)44(51(35(16)17)43(25-3)49(41)33(12)13)28-26-27-36(18)52-39(21)46(30(6)7)37(19)45(29(4)5)38(20)47(31(8)9)40(52)22/h29-36H,23-28H2,1-22H3. The van der Waals surface area contributed by atoms with Crippen molar-refractivity contribution in [3.8, 4) is 0 Å². The van der Waals surface area contributed by atoms with Crippen molar-refractivity contribution in [1.82, 2.24) is 37.8 Å². The largest absolute Gasteiger partial charge is 0.355 e. The van der Waals surface area contributed by atoms with E-state index < -0.39 is 0 Å². The molecule has 8 nitrogen and oxygen atoms in total. The fourth-order valence-electron chi connectivity index (χ4n) is 11.7. The highest BCUT2D eigenvalue weighted by atomic mass is 15.4. The smallest absolute Gasteiger partial charge is 0.290 e. The molecule has 0 aromatic heterocycles. The molecule has 2 aliphatic heterocycles. The van der Waals surface area contributed by atoms with E-state index in [-0.39, 0.29) is 0 Å². The zero-order valence-corrected chi connectivity index (χ0v) is 39.1. The maximum Gasteiger partial charge on any atom is 0.290 e. The zero-order valence-electron chi connectivity index (χ0n) is 39.1. The van der Waals surface area contributed by atoms with Gasteiger partial charge in [-0.05, 0) is 80.0 Å². The fourth-order valence-corrected chi connectivity index (χ4v) is 11.7. The average molecular weight is 718 g/mol. The second-order valence-corrected chi connectivity index (χ2v) is 18.7. The van der Waals surface area contributed by atoms with E-state index in [2.05, 4.69) is 190 Å². The molecule has 0 bridgehead atoms. The van der Waals surface area contributed by atoms with E-state index in [4.69, 9.17) is 0 Å². The Kier molecular flexibility index (Phi) is 19.6. The van der Waals surface area contributed by atoms with Crippen molar-refractivity contribution in [2.45, 2.75) is 238 Å². The maximum atomic E-state index is 2.96. The minimum atomic E-state index is 0.329. The first-order valence-corrected chi connectivity index (χ1v) is 22.3. The normalized spacial score (nSPS) is 21.2. The van der Waals surface area contributed by atoms with Gasteiger partial charge in [0.25, 0.3) is 55.9 Å². The van der Waals surface area contributed by atoms with E-state index in [9.17, 15) is 0 Å². The Hall–Kier alpha value is 0.199. The Morgan fingerprint density at radius 2 is 0.558 bits per heavy atom. The van der Waals surface area contributed by atoms with E-state index in [1.54, 1.807) is 0 Å². The summed E-state index contributed by atoms with van der Waals surface area (Å²) in [5.74, 6) is 0. The van der Waals surface area contributed by atoms with E-state index in [0.717, 1.165) is 19.0 Å². The Morgan fingerprint density at radius 3 is 0.788 bits per heavy atom. The summed E-state index contributed by atoms with van der Waals surface area (Å²) in [6.07, 6.45) is 7.02. The van der Waals surface area contributed by atoms with Gasteiger partial charge in [0.2, 0.25) is 0 Å². The molecule has 0 aromatic rings. The Bertz CT molecular complexity index is 965. The molecule has 1 atom stereocenters. The monoisotopic (exact) mass is 719 g/mol. The average Bonchev–Trinajstić information content (AvgIpc) is 3.00. The minimum absolute atomic E-state index is 0.329. The second-order valence-electron chi connectivity index (χ2n) is 18.7. The fraction of sp³-hybridized carbons (Fsp3) is 1.00.